The van der Waals surface area contributed by atoms with Crippen molar-refractivity contribution in [1.29, 1.82) is 0 Å². The van der Waals surface area contributed by atoms with E-state index < -0.39 is 0 Å². The van der Waals surface area contributed by atoms with Crippen LogP contribution in [0.2, 0.25) is 0 Å². The maximum atomic E-state index is 3.70. The summed E-state index contributed by atoms with van der Waals surface area (Å²) in [5.74, 6) is 3.70. The van der Waals surface area contributed by atoms with Gasteiger partial charge in [-0.15, -0.1) is 0 Å². The van der Waals surface area contributed by atoms with Crippen molar-refractivity contribution in [2.45, 2.75) is 78.7 Å². The molecular formula is C19H37NY-2. The fourth-order valence-electron chi connectivity index (χ4n) is 4.27. The van der Waals surface area contributed by atoms with Crippen molar-refractivity contribution in [2.75, 3.05) is 6.54 Å². The first kappa shape index (κ1) is 22.1. The molecule has 0 amide bonds. The van der Waals surface area contributed by atoms with Crippen molar-refractivity contribution in [1.82, 2.24) is 5.32 Å². The molecule has 0 aromatic rings. The number of rotatable bonds is 4. The Hall–Kier alpha value is 1.06. The zero-order valence-electron chi connectivity index (χ0n) is 14.9. The molecule has 1 N–H and O–H groups in total. The van der Waals surface area contributed by atoms with Gasteiger partial charge in [0.15, 0.2) is 0 Å². The van der Waals surface area contributed by atoms with Crippen molar-refractivity contribution >= 4 is 0 Å². The Morgan fingerprint density at radius 2 is 1.71 bits per heavy atom. The predicted molar refractivity (Wildman–Crippen MR) is 90.4 cm³/mol. The molecule has 0 aliphatic heterocycles. The minimum Gasteiger partial charge on any atom is -0.346 e. The minimum absolute atomic E-state index is 0. The van der Waals surface area contributed by atoms with Gasteiger partial charge in [0.2, 0.25) is 0 Å². The van der Waals surface area contributed by atoms with E-state index in [9.17, 15) is 0 Å². The molecule has 0 bridgehead atoms. The summed E-state index contributed by atoms with van der Waals surface area (Å²) in [5, 5.41) is 3.70. The topological polar surface area (TPSA) is 12.0 Å². The predicted octanol–water partition coefficient (Wildman–Crippen LogP) is 5.27. The molecule has 2 rings (SSSR count). The van der Waals surface area contributed by atoms with Crippen LogP contribution in [-0.2, 0) is 32.7 Å². The molecule has 5 unspecified atom stereocenters. The zero-order valence-corrected chi connectivity index (χ0v) is 17.7. The Kier molecular flexibility index (Phi) is 13.1. The van der Waals surface area contributed by atoms with Gasteiger partial charge in [0.05, 0.1) is 0 Å². The standard InChI is InChI=1S/C17H32N.C2H5.Y/c1-4-18-17-11-7-10-16(14(17)3)12-15-9-6-5-8-13(15)2;1-2;/h8,13-18H,4-7,9-12H2,1-3H3;1H2,2H3;/q2*-1;. The molecule has 5 atom stereocenters. The molecule has 2 aliphatic rings. The van der Waals surface area contributed by atoms with E-state index >= 15 is 0 Å². The second-order valence-corrected chi connectivity index (χ2v) is 6.74. The first-order valence-electron chi connectivity index (χ1n) is 8.99. The third-order valence-corrected chi connectivity index (χ3v) is 5.60. The molecule has 2 fully saturated rings. The van der Waals surface area contributed by atoms with Gasteiger partial charge in [-0.25, -0.2) is 0 Å². The van der Waals surface area contributed by atoms with E-state index in [1.165, 1.54) is 44.9 Å². The molecule has 0 aromatic heterocycles. The second kappa shape index (κ2) is 12.5. The summed E-state index contributed by atoms with van der Waals surface area (Å²) in [4.78, 5) is 0. The van der Waals surface area contributed by atoms with E-state index in [4.69, 9.17) is 0 Å². The molecule has 2 aliphatic carbocycles. The van der Waals surface area contributed by atoms with Crippen LogP contribution in [-0.4, -0.2) is 12.6 Å². The van der Waals surface area contributed by atoms with Gasteiger partial charge in [-0.3, -0.25) is 0 Å². The van der Waals surface area contributed by atoms with Crippen LogP contribution in [0.4, 0.5) is 0 Å². The molecule has 2 saturated carbocycles. The van der Waals surface area contributed by atoms with Crippen molar-refractivity contribution in [2.24, 2.45) is 23.7 Å². The normalized spacial score (nSPS) is 36.1. The van der Waals surface area contributed by atoms with Gasteiger partial charge in [0.1, 0.15) is 0 Å². The van der Waals surface area contributed by atoms with E-state index in [-0.39, 0.29) is 32.7 Å². The molecular weight excluding hydrogens is 331 g/mol. The first-order valence-corrected chi connectivity index (χ1v) is 8.99. The monoisotopic (exact) mass is 368 g/mol. The summed E-state index contributed by atoms with van der Waals surface area (Å²) in [6.45, 7) is 13.3. The Labute approximate surface area is 159 Å². The van der Waals surface area contributed by atoms with Crippen molar-refractivity contribution in [3.05, 3.63) is 13.3 Å². The van der Waals surface area contributed by atoms with Crippen LogP contribution < -0.4 is 5.32 Å². The molecule has 1 radical (unpaired) electrons. The van der Waals surface area contributed by atoms with Crippen LogP contribution in [0.5, 0.6) is 0 Å². The van der Waals surface area contributed by atoms with Crippen LogP contribution in [0, 0.1) is 37.0 Å². The summed E-state index contributed by atoms with van der Waals surface area (Å²) in [7, 11) is 0. The Morgan fingerprint density at radius 3 is 2.33 bits per heavy atom. The largest absolute Gasteiger partial charge is 0.346 e. The fourth-order valence-corrected chi connectivity index (χ4v) is 4.27. The minimum atomic E-state index is 0. The molecule has 0 spiro atoms. The van der Waals surface area contributed by atoms with Crippen LogP contribution in [0.3, 0.4) is 0 Å². The second-order valence-electron chi connectivity index (χ2n) is 6.74. The third-order valence-electron chi connectivity index (χ3n) is 5.60. The quantitative estimate of drug-likeness (QED) is 0.667. The van der Waals surface area contributed by atoms with Gasteiger partial charge in [-0.1, -0.05) is 52.4 Å². The Morgan fingerprint density at radius 1 is 1.05 bits per heavy atom. The SMILES string of the molecule is CCNC1CCCC(CC2CCC[CH-]C2C)C1C.[CH2-]C.[Y]. The van der Waals surface area contributed by atoms with E-state index in [0.717, 1.165) is 36.3 Å². The van der Waals surface area contributed by atoms with Crippen LogP contribution in [0.1, 0.15) is 72.6 Å². The molecule has 0 heterocycles. The molecule has 0 saturated heterocycles. The van der Waals surface area contributed by atoms with E-state index in [2.05, 4.69) is 39.4 Å². The maximum Gasteiger partial charge on any atom is 0.00952 e. The average molecular weight is 368 g/mol. The van der Waals surface area contributed by atoms with Gasteiger partial charge in [-0.05, 0) is 31.2 Å². The van der Waals surface area contributed by atoms with Crippen LogP contribution in [0.15, 0.2) is 0 Å². The average Bonchev–Trinajstić information content (AvgIpc) is 2.48. The van der Waals surface area contributed by atoms with Crippen molar-refractivity contribution < 1.29 is 32.7 Å². The summed E-state index contributed by atoms with van der Waals surface area (Å²) < 4.78 is 0. The maximum absolute atomic E-state index is 3.70. The van der Waals surface area contributed by atoms with Crippen LogP contribution in [0.25, 0.3) is 0 Å². The fraction of sp³-hybridized carbons (Fsp3) is 0.895. The smallest absolute Gasteiger partial charge is 0.00952 e. The summed E-state index contributed by atoms with van der Waals surface area (Å²) in [6, 6.07) is 0.789. The number of nitrogens with one attached hydrogen (secondary N) is 1. The summed E-state index contributed by atoms with van der Waals surface area (Å²) >= 11 is 0. The van der Waals surface area contributed by atoms with Crippen molar-refractivity contribution in [3.8, 4) is 0 Å². The Bertz CT molecular complexity index is 242. The number of hydrogen-bond donors (Lipinski definition) is 1. The zero-order chi connectivity index (χ0) is 15.0. The molecule has 1 nitrogen and oxygen atoms in total. The first-order chi connectivity index (χ1) is 9.72. The van der Waals surface area contributed by atoms with Gasteiger partial charge >= 0.3 is 0 Å². The van der Waals surface area contributed by atoms with Crippen molar-refractivity contribution in [3.63, 3.8) is 0 Å². The summed E-state index contributed by atoms with van der Waals surface area (Å²) in [6.07, 6.45) is 12.7. The number of hydrogen-bond acceptors (Lipinski definition) is 1. The Balaban J connectivity index is 0.00000128. The third kappa shape index (κ3) is 7.00. The summed E-state index contributed by atoms with van der Waals surface area (Å²) in [5.41, 5.74) is 0. The molecule has 2 heteroatoms. The van der Waals surface area contributed by atoms with Gasteiger partial charge in [0.25, 0.3) is 0 Å². The van der Waals surface area contributed by atoms with E-state index in [1.54, 1.807) is 6.92 Å². The van der Waals surface area contributed by atoms with Gasteiger partial charge < -0.3 is 18.7 Å². The van der Waals surface area contributed by atoms with E-state index in [1.807, 2.05) is 0 Å². The molecule has 0 aromatic carbocycles. The van der Waals surface area contributed by atoms with Gasteiger partial charge in [-0.2, -0.15) is 19.3 Å². The van der Waals surface area contributed by atoms with Gasteiger partial charge in [0, 0.05) is 38.8 Å². The van der Waals surface area contributed by atoms with E-state index in [0.29, 0.717) is 0 Å². The molecule has 123 valence electrons. The molecule has 21 heavy (non-hydrogen) atoms. The van der Waals surface area contributed by atoms with Crippen LogP contribution >= 0.6 is 0 Å².